The summed E-state index contributed by atoms with van der Waals surface area (Å²) in [5.41, 5.74) is 17.9. The average molecular weight is 1050 g/mol. The van der Waals surface area contributed by atoms with Gasteiger partial charge in [-0.15, -0.1) is 0 Å². The van der Waals surface area contributed by atoms with Gasteiger partial charge in [-0.3, -0.25) is 41.6 Å². The van der Waals surface area contributed by atoms with Gasteiger partial charge >= 0.3 is 28.1 Å². The number of phosphoric ester groups is 2. The van der Waals surface area contributed by atoms with Crippen LogP contribution in [0.1, 0.15) is 82.8 Å². The first-order valence-corrected chi connectivity index (χ1v) is 27.4. The molecule has 11 N–H and O–H groups in total. The third-order valence-electron chi connectivity index (χ3n) is 11.2. The molecule has 3 aromatic heterocycles. The molecule has 1 amide bonds. The first-order chi connectivity index (χ1) is 33.2. The number of nitrogens with two attached hydrogens (primary N) is 3. The number of phosphoric acid groups is 2. The number of imidazole rings is 1. The zero-order chi connectivity index (χ0) is 50.1. The van der Waals surface area contributed by atoms with Gasteiger partial charge in [-0.1, -0.05) is 30.7 Å². The zero-order valence-corrected chi connectivity index (χ0v) is 39.9. The summed E-state index contributed by atoms with van der Waals surface area (Å²) in [7, 11) is -10.3. The van der Waals surface area contributed by atoms with Crippen molar-refractivity contribution >= 4 is 85.5 Å². The Hall–Kier alpha value is -5.28. The number of amides is 1. The normalized spacial score (nSPS) is 22.9. The quantitative estimate of drug-likeness (QED) is 0.0309. The standard InChI is InChI=1S/C39H45N10O17P3S/c40-22-9-10-23(33-32(22)35(51)20-6-3-4-7-21(20)36(33)52)46-29(50)8-2-1-5-13-70-69(59,60)62-17-27-25(15-30(63-27)48-12-11-28(41)47-39(48)53)66-68(57,58)61-16-26-24(65-67(54,55)56)14-31(64-26)49-19-45-34-37(42)43-18-44-38(34)49/h3-4,6-7,9-12,18-19,24-27,30-31H,1-2,5,8,13-17,40H2,(H,46,50)(H,57,58)(H,59,60)(H2,41,47,53)(H2,42,43,44)(H2,54,55,56)/t24-,25-,26+,27+,30+,31+/m0/s1. The van der Waals surface area contributed by atoms with Crippen LogP contribution >= 0.6 is 33.8 Å². The summed E-state index contributed by atoms with van der Waals surface area (Å²) in [6.45, 7) is -5.93. The number of nitrogens with one attached hydrogen (secondary N) is 1. The minimum Gasteiger partial charge on any atom is -0.398 e. The third-order valence-corrected chi connectivity index (χ3v) is 15.9. The van der Waals surface area contributed by atoms with E-state index in [9.17, 15) is 52.4 Å². The van der Waals surface area contributed by atoms with Crippen molar-refractivity contribution in [3.05, 3.63) is 94.1 Å². The van der Waals surface area contributed by atoms with E-state index >= 15 is 0 Å². The fraction of sp³-hybridized carbons (Fsp3) is 0.385. The average Bonchev–Trinajstić information content (AvgIpc) is 4.02. The van der Waals surface area contributed by atoms with E-state index in [0.717, 1.165) is 4.57 Å². The maximum atomic E-state index is 13.5. The van der Waals surface area contributed by atoms with Gasteiger partial charge in [0.2, 0.25) is 5.91 Å². The van der Waals surface area contributed by atoms with E-state index in [2.05, 4.69) is 25.3 Å². The summed E-state index contributed by atoms with van der Waals surface area (Å²) in [5, 5.41) is 2.70. The Morgan fingerprint density at radius 2 is 1.46 bits per heavy atom. The highest BCUT2D eigenvalue weighted by atomic mass is 32.7. The number of aromatic nitrogens is 6. The maximum Gasteiger partial charge on any atom is 0.472 e. The minimum atomic E-state index is -5.16. The molecule has 2 aliphatic heterocycles. The number of carbonyl (C=O) groups excluding carboxylic acids is 3. The first-order valence-electron chi connectivity index (χ1n) is 21.2. The molecule has 1 aliphatic carbocycles. The molecule has 31 heteroatoms. The highest BCUT2D eigenvalue weighted by Crippen LogP contribution is 2.57. The van der Waals surface area contributed by atoms with E-state index < -0.39 is 95.7 Å². The molecule has 8 rings (SSSR count). The molecule has 5 aromatic rings. The second kappa shape index (κ2) is 20.8. The van der Waals surface area contributed by atoms with Gasteiger partial charge in [0.05, 0.1) is 36.4 Å². The molecule has 27 nitrogen and oxygen atoms in total. The largest absolute Gasteiger partial charge is 0.472 e. The van der Waals surface area contributed by atoms with Crippen molar-refractivity contribution < 1.29 is 75.2 Å². The van der Waals surface area contributed by atoms with Crippen molar-refractivity contribution in [2.75, 3.05) is 41.5 Å². The van der Waals surface area contributed by atoms with Crippen molar-refractivity contribution in [1.29, 1.82) is 0 Å². The Bertz CT molecular complexity index is 3050. The highest BCUT2D eigenvalue weighted by molar-refractivity contribution is 8.54. The Morgan fingerprint density at radius 3 is 2.14 bits per heavy atom. The van der Waals surface area contributed by atoms with Crippen LogP contribution in [0.4, 0.5) is 23.0 Å². The number of hydrogen-bond donors (Lipinski definition) is 8. The number of nitrogen functional groups attached to an aromatic ring is 3. The number of nitrogens with zero attached hydrogens (tertiary/aromatic N) is 6. The molecule has 374 valence electrons. The zero-order valence-electron chi connectivity index (χ0n) is 36.4. The molecule has 3 aliphatic rings. The number of benzene rings is 2. The number of rotatable bonds is 20. The highest BCUT2D eigenvalue weighted by Gasteiger charge is 2.46. The molecule has 2 unspecified atom stereocenters. The van der Waals surface area contributed by atoms with Gasteiger partial charge in [-0.25, -0.2) is 33.4 Å². The van der Waals surface area contributed by atoms with Crippen LogP contribution in [-0.4, -0.2) is 109 Å². The number of ketones is 2. The molecule has 5 heterocycles. The number of anilines is 4. The summed E-state index contributed by atoms with van der Waals surface area (Å²) < 4.78 is 73.8. The van der Waals surface area contributed by atoms with Crippen LogP contribution in [0.2, 0.25) is 0 Å². The monoisotopic (exact) mass is 1050 g/mol. The molecule has 0 bridgehead atoms. The Labute approximate surface area is 399 Å². The molecule has 0 saturated carbocycles. The Morgan fingerprint density at radius 1 is 0.800 bits per heavy atom. The van der Waals surface area contributed by atoms with Crippen LogP contribution in [0.15, 0.2) is 66.1 Å². The van der Waals surface area contributed by atoms with E-state index in [4.69, 9.17) is 44.8 Å². The van der Waals surface area contributed by atoms with Gasteiger partial charge in [0.25, 0.3) is 0 Å². The van der Waals surface area contributed by atoms with Gasteiger partial charge in [-0.05, 0) is 42.4 Å². The lowest BCUT2D eigenvalue weighted by molar-refractivity contribution is -0.116. The smallest absolute Gasteiger partial charge is 0.398 e. The Kier molecular flexibility index (Phi) is 15.2. The second-order valence-electron chi connectivity index (χ2n) is 16.0. The van der Waals surface area contributed by atoms with E-state index in [1.165, 1.54) is 53.8 Å². The summed E-state index contributed by atoms with van der Waals surface area (Å²) in [6, 6.07) is 10.5. The topological polar surface area (TPSA) is 407 Å². The lowest BCUT2D eigenvalue weighted by Gasteiger charge is -2.24. The predicted octanol–water partition coefficient (Wildman–Crippen LogP) is 3.21. The van der Waals surface area contributed by atoms with E-state index in [1.807, 2.05) is 0 Å². The molecule has 0 spiro atoms. The lowest BCUT2D eigenvalue weighted by atomic mass is 9.82. The minimum absolute atomic E-state index is 0.0122. The fourth-order valence-electron chi connectivity index (χ4n) is 8.05. The van der Waals surface area contributed by atoms with Crippen LogP contribution in [0.25, 0.3) is 11.2 Å². The molecule has 70 heavy (non-hydrogen) atoms. The third kappa shape index (κ3) is 11.7. The summed E-state index contributed by atoms with van der Waals surface area (Å²) in [5.74, 6) is -1.25. The predicted molar refractivity (Wildman–Crippen MR) is 247 cm³/mol. The van der Waals surface area contributed by atoms with E-state index in [-0.39, 0.29) is 81.4 Å². The number of unbranched alkanes of at least 4 members (excludes halogenated alkanes) is 2. The van der Waals surface area contributed by atoms with Crippen molar-refractivity contribution in [3.8, 4) is 0 Å². The number of fused-ring (bicyclic) bond motifs is 3. The number of hydrogen-bond acceptors (Lipinski definition) is 21. The van der Waals surface area contributed by atoms with E-state index in [0.29, 0.717) is 30.6 Å². The molecule has 0 radical (unpaired) electrons. The van der Waals surface area contributed by atoms with Gasteiger partial charge in [0.15, 0.2) is 23.0 Å². The number of carbonyl (C=O) groups is 3. The SMILES string of the molecule is Nc1ccn([C@H]2C[C@H](OP(=O)(O)OC[C@H]3O[C@@H](n4cnc5c(N)ncnc54)C[C@@H]3OP(=O)(O)O)[C@@H](COP(=O)(O)SCCCCCC(=O)Nc3ccc(N)c4c3C(=O)c3ccccc3C4=O)O2)c(=O)n1. The maximum absolute atomic E-state index is 13.5. The van der Waals surface area contributed by atoms with Gasteiger partial charge in [0.1, 0.15) is 54.5 Å². The van der Waals surface area contributed by atoms with Crippen molar-refractivity contribution in [2.24, 2.45) is 0 Å². The van der Waals surface area contributed by atoms with Crippen molar-refractivity contribution in [2.45, 2.75) is 75.4 Å². The molecule has 8 atom stereocenters. The molecular weight excluding hydrogens is 1010 g/mol. The van der Waals surface area contributed by atoms with Crippen LogP contribution in [0.3, 0.4) is 0 Å². The fourth-order valence-corrected chi connectivity index (χ4v) is 12.0. The van der Waals surface area contributed by atoms with Crippen LogP contribution in [-0.2, 0) is 46.1 Å². The molecule has 2 aromatic carbocycles. The summed E-state index contributed by atoms with van der Waals surface area (Å²) in [4.78, 5) is 109. The summed E-state index contributed by atoms with van der Waals surface area (Å²) >= 11 is 0.580. The first kappa shape index (κ1) is 51.1. The van der Waals surface area contributed by atoms with Crippen molar-refractivity contribution in [1.82, 2.24) is 29.1 Å². The van der Waals surface area contributed by atoms with E-state index in [1.54, 1.807) is 12.1 Å². The molecular formula is C39H45N10O17P3S. The summed E-state index contributed by atoms with van der Waals surface area (Å²) in [6.07, 6.45) is -3.39. The van der Waals surface area contributed by atoms with Crippen LogP contribution in [0, 0.1) is 0 Å². The van der Waals surface area contributed by atoms with Gasteiger partial charge in [-0.2, -0.15) is 4.98 Å². The second-order valence-corrected chi connectivity index (χ2v) is 22.6. The lowest BCUT2D eigenvalue weighted by Crippen LogP contribution is -2.30. The van der Waals surface area contributed by atoms with Crippen LogP contribution < -0.4 is 28.2 Å². The van der Waals surface area contributed by atoms with Crippen LogP contribution in [0.5, 0.6) is 0 Å². The van der Waals surface area contributed by atoms with Crippen molar-refractivity contribution in [3.63, 3.8) is 0 Å². The van der Waals surface area contributed by atoms with Gasteiger partial charge in [0, 0.05) is 48.0 Å². The Balaban J connectivity index is 0.844. The molecule has 2 fully saturated rings. The molecule has 2 saturated heterocycles. The number of ether oxygens (including phenoxy) is 2. The van der Waals surface area contributed by atoms with Gasteiger partial charge < -0.3 is 51.6 Å².